The van der Waals surface area contributed by atoms with Gasteiger partial charge in [-0.2, -0.15) is 9.31 Å². The summed E-state index contributed by atoms with van der Waals surface area (Å²) in [5, 5.41) is 15.3. The van der Waals surface area contributed by atoms with E-state index in [-0.39, 0.29) is 18.4 Å². The normalized spacial score (nSPS) is 19.0. The molecule has 1 aliphatic heterocycles. The minimum absolute atomic E-state index is 0.0349. The molecular formula is C30H27Cl3N4O3S. The second-order valence-corrected chi connectivity index (χ2v) is 14.7. The summed E-state index contributed by atoms with van der Waals surface area (Å²) in [7, 11) is -3.60. The number of hydrogen-bond acceptors (Lipinski definition) is 4. The van der Waals surface area contributed by atoms with Gasteiger partial charge in [-0.25, -0.2) is 14.0 Å². The third-order valence-electron chi connectivity index (χ3n) is 7.31. The lowest BCUT2D eigenvalue weighted by atomic mass is 10.0. The van der Waals surface area contributed by atoms with Crippen LogP contribution in [0.2, 0.25) is 15.1 Å². The Morgan fingerprint density at radius 3 is 2.37 bits per heavy atom. The number of rotatable bonds is 6. The molecule has 2 heterocycles. The van der Waals surface area contributed by atoms with Gasteiger partial charge >= 0.3 is 0 Å². The summed E-state index contributed by atoms with van der Waals surface area (Å²) in [5.74, 6) is -0.261. The second-order valence-electron chi connectivity index (χ2n) is 10.3. The minimum Gasteiger partial charge on any atom is -0.347 e. The summed E-state index contributed by atoms with van der Waals surface area (Å²) in [5.41, 5.74) is 5.60. The average molecular weight is 630 g/mol. The summed E-state index contributed by atoms with van der Waals surface area (Å²) < 4.78 is 19.4. The predicted octanol–water partition coefficient (Wildman–Crippen LogP) is 6.98. The first-order valence-electron chi connectivity index (χ1n) is 13.1. The summed E-state index contributed by atoms with van der Waals surface area (Å²) in [6, 6.07) is 19.8. The molecule has 0 radical (unpaired) electrons. The van der Waals surface area contributed by atoms with Crippen molar-refractivity contribution < 1.29 is 13.2 Å². The molecule has 0 saturated carbocycles. The summed E-state index contributed by atoms with van der Waals surface area (Å²) in [6.07, 6.45) is 5.50. The van der Waals surface area contributed by atoms with Gasteiger partial charge < -0.3 is 5.32 Å². The van der Waals surface area contributed by atoms with Crippen molar-refractivity contribution in [2.45, 2.75) is 37.1 Å². The second kappa shape index (κ2) is 10.7. The number of nitrogens with two attached hydrogens (primary N) is 1. The lowest BCUT2D eigenvalue weighted by Crippen LogP contribution is -2.27. The third kappa shape index (κ3) is 5.73. The van der Waals surface area contributed by atoms with Gasteiger partial charge in [0.2, 0.25) is 0 Å². The molecule has 0 atom stereocenters. The molecule has 0 spiro atoms. The Kier molecular flexibility index (Phi) is 7.34. The number of halogens is 3. The molecule has 41 heavy (non-hydrogen) atoms. The molecule has 1 aliphatic carbocycles. The molecular weight excluding hydrogens is 603 g/mol. The number of nitrogens with one attached hydrogen (secondary N) is 1. The minimum atomic E-state index is -3.60. The van der Waals surface area contributed by atoms with Crippen molar-refractivity contribution in [3.8, 4) is 5.69 Å². The third-order valence-corrected chi connectivity index (χ3v) is 10.3. The molecule has 0 bridgehead atoms. The smallest absolute Gasteiger partial charge is 0.272 e. The van der Waals surface area contributed by atoms with Crippen LogP contribution in [0.15, 0.2) is 71.6 Å². The van der Waals surface area contributed by atoms with Crippen LogP contribution in [0, 0.1) is 0 Å². The van der Waals surface area contributed by atoms with E-state index >= 15 is 0 Å². The number of carbonyl (C=O) groups excluding carboxylic acids is 1. The average Bonchev–Trinajstić information content (AvgIpc) is 3.55. The van der Waals surface area contributed by atoms with E-state index in [4.69, 9.17) is 49.2 Å². The van der Waals surface area contributed by atoms with Crippen molar-refractivity contribution in [3.05, 3.63) is 110 Å². The van der Waals surface area contributed by atoms with Crippen molar-refractivity contribution in [1.29, 1.82) is 0 Å². The summed E-state index contributed by atoms with van der Waals surface area (Å²) in [4.78, 5) is 14.1. The van der Waals surface area contributed by atoms with Crippen LogP contribution >= 0.6 is 34.8 Å². The number of hydrogen-bond donors (Lipinski definition) is 2. The van der Waals surface area contributed by atoms with E-state index in [1.54, 1.807) is 41.1 Å². The Morgan fingerprint density at radius 2 is 1.68 bits per heavy atom. The van der Waals surface area contributed by atoms with Gasteiger partial charge in [0.15, 0.2) is 11.6 Å². The fraction of sp³-hybridized carbons (Fsp3) is 0.200. The highest BCUT2D eigenvalue weighted by molar-refractivity contribution is 8.18. The van der Waals surface area contributed by atoms with E-state index in [0.29, 0.717) is 37.8 Å². The largest absolute Gasteiger partial charge is 0.347 e. The van der Waals surface area contributed by atoms with Gasteiger partial charge in [-0.05, 0) is 90.9 Å². The van der Waals surface area contributed by atoms with E-state index in [9.17, 15) is 9.00 Å². The quantitative estimate of drug-likeness (QED) is 0.177. The molecule has 1 saturated heterocycles. The van der Waals surface area contributed by atoms with Gasteiger partial charge in [-0.3, -0.25) is 4.79 Å². The van der Waals surface area contributed by atoms with E-state index in [1.807, 2.05) is 30.3 Å². The van der Waals surface area contributed by atoms with Crippen LogP contribution in [0.4, 0.5) is 0 Å². The molecule has 1 fully saturated rings. The SMILES string of the molecule is NS1(=O)(c2ccc(CNC(=O)c3nn(-c4ccc(Cl)cc4Cl)c4c3CCCC/C4=C\c3ccc(Cl)cc3)cc2)CO1. The zero-order chi connectivity index (χ0) is 28.8. The van der Waals surface area contributed by atoms with Gasteiger partial charge in [0, 0.05) is 22.2 Å². The van der Waals surface area contributed by atoms with Crippen molar-refractivity contribution >= 4 is 61.9 Å². The van der Waals surface area contributed by atoms with Crippen molar-refractivity contribution in [2.75, 3.05) is 5.94 Å². The van der Waals surface area contributed by atoms with E-state index < -0.39 is 9.53 Å². The summed E-state index contributed by atoms with van der Waals surface area (Å²) >= 11 is 19.0. The maximum Gasteiger partial charge on any atom is 0.272 e. The molecule has 11 heteroatoms. The number of allylic oxidation sites excluding steroid dienone is 1. The molecule has 6 rings (SSSR count). The Balaban J connectivity index is 1.37. The number of fused-ring (bicyclic) bond motifs is 1. The fourth-order valence-electron chi connectivity index (χ4n) is 5.03. The fourth-order valence-corrected chi connectivity index (χ4v) is 7.20. The summed E-state index contributed by atoms with van der Waals surface area (Å²) in [6.45, 7) is 0.258. The maximum absolute atomic E-state index is 13.6. The highest BCUT2D eigenvalue weighted by Crippen LogP contribution is 2.43. The van der Waals surface area contributed by atoms with Crippen LogP contribution in [0.1, 0.15) is 52.1 Å². The van der Waals surface area contributed by atoms with Crippen LogP contribution in [0.5, 0.6) is 0 Å². The van der Waals surface area contributed by atoms with Crippen LogP contribution in [-0.4, -0.2) is 25.8 Å². The van der Waals surface area contributed by atoms with E-state index in [1.165, 1.54) is 0 Å². The van der Waals surface area contributed by atoms with Gasteiger partial charge in [-0.1, -0.05) is 68.6 Å². The topological polar surface area (TPSA) is 103 Å². The van der Waals surface area contributed by atoms with Gasteiger partial charge in [0.05, 0.1) is 21.3 Å². The van der Waals surface area contributed by atoms with Crippen LogP contribution in [0.25, 0.3) is 17.3 Å². The molecule has 0 unspecified atom stereocenters. The number of aromatic nitrogens is 2. The van der Waals surface area contributed by atoms with Gasteiger partial charge in [0.1, 0.15) is 0 Å². The van der Waals surface area contributed by atoms with E-state index in [0.717, 1.165) is 47.2 Å². The first-order chi connectivity index (χ1) is 19.6. The number of nitrogens with zero attached hydrogens (tertiary/aromatic N) is 2. The van der Waals surface area contributed by atoms with Crippen molar-refractivity contribution in [3.63, 3.8) is 0 Å². The zero-order valence-corrected chi connectivity index (χ0v) is 25.0. The van der Waals surface area contributed by atoms with Crippen LogP contribution < -0.4 is 10.5 Å². The Bertz CT molecular complexity index is 1760. The Labute approximate surface area is 253 Å². The lowest BCUT2D eigenvalue weighted by Gasteiger charge is -2.19. The molecule has 212 valence electrons. The van der Waals surface area contributed by atoms with Crippen molar-refractivity contribution in [2.24, 2.45) is 5.14 Å². The van der Waals surface area contributed by atoms with E-state index in [2.05, 4.69) is 11.4 Å². The highest BCUT2D eigenvalue weighted by atomic mass is 35.5. The molecule has 3 N–H and O–H groups in total. The molecule has 3 aromatic carbocycles. The highest BCUT2D eigenvalue weighted by Gasteiger charge is 2.44. The Hall–Kier alpha value is -2.98. The molecule has 1 aromatic heterocycles. The maximum atomic E-state index is 13.6. The van der Waals surface area contributed by atoms with Crippen LogP contribution in [-0.2, 0) is 26.7 Å². The Morgan fingerprint density at radius 1 is 1.00 bits per heavy atom. The van der Waals surface area contributed by atoms with Gasteiger partial charge in [-0.15, -0.1) is 0 Å². The first-order valence-corrected chi connectivity index (χ1v) is 16.4. The number of benzene rings is 3. The monoisotopic (exact) mass is 628 g/mol. The lowest BCUT2D eigenvalue weighted by molar-refractivity contribution is 0.0944. The molecule has 2 aliphatic rings. The number of carbonyl (C=O) groups is 1. The van der Waals surface area contributed by atoms with Crippen molar-refractivity contribution in [1.82, 2.24) is 15.1 Å². The zero-order valence-electron chi connectivity index (χ0n) is 21.9. The molecule has 7 nitrogen and oxygen atoms in total. The molecule has 1 amide bonds. The standard InChI is InChI=1S/C30H27Cl3N4O3S/c31-22-9-5-19(6-10-22)15-21-3-1-2-4-25-28(36-37(29(21)25)27-14-11-23(32)16-26(27)33)30(38)35-17-20-7-12-24(13-8-20)41(34,39)18-40-41/h5-16H,1-4,17-18H2,(H2,34,39)(H,35,38)/b21-15+. The van der Waals surface area contributed by atoms with Crippen LogP contribution in [0.3, 0.4) is 0 Å². The number of amides is 1. The predicted molar refractivity (Wildman–Crippen MR) is 165 cm³/mol. The first kappa shape index (κ1) is 28.2. The molecule has 4 aromatic rings. The van der Waals surface area contributed by atoms with Gasteiger partial charge in [0.25, 0.3) is 5.91 Å².